The number of carbonyl (C=O) groups excluding carboxylic acids is 1. The molecule has 0 radical (unpaired) electrons. The van der Waals surface area contributed by atoms with Gasteiger partial charge in [0.05, 0.1) is 17.7 Å². The molecule has 1 aromatic heterocycles. The summed E-state index contributed by atoms with van der Waals surface area (Å²) in [7, 11) is 1.63. The maximum absolute atomic E-state index is 14.2. The van der Waals surface area contributed by atoms with Gasteiger partial charge in [-0.05, 0) is 61.4 Å². The first kappa shape index (κ1) is 26.6. The number of pyridine rings is 1. The number of ether oxygens (including phenoxy) is 2. The summed E-state index contributed by atoms with van der Waals surface area (Å²) in [4.78, 5) is 35.1. The number of fused-ring (bicyclic) bond motifs is 1. The van der Waals surface area contributed by atoms with Crippen molar-refractivity contribution in [2.45, 2.75) is 31.3 Å². The molecule has 39 heavy (non-hydrogen) atoms. The molecule has 204 valence electrons. The smallest absolute Gasteiger partial charge is 0.493 e. The van der Waals surface area contributed by atoms with Crippen molar-refractivity contribution in [1.29, 1.82) is 0 Å². The molecule has 3 aromatic rings. The molecule has 0 bridgehead atoms. The van der Waals surface area contributed by atoms with Gasteiger partial charge in [0.15, 0.2) is 0 Å². The predicted molar refractivity (Wildman–Crippen MR) is 144 cm³/mol. The van der Waals surface area contributed by atoms with Crippen LogP contribution in [-0.4, -0.2) is 60.0 Å². The second-order valence-electron chi connectivity index (χ2n) is 9.49. The maximum Gasteiger partial charge on any atom is 0.511 e. The molecule has 9 nitrogen and oxygen atoms in total. The van der Waals surface area contributed by atoms with Crippen LogP contribution < -0.4 is 19.3 Å². The Hall–Kier alpha value is -4.05. The summed E-state index contributed by atoms with van der Waals surface area (Å²) in [6, 6.07) is 12.1. The molecule has 0 aliphatic carbocycles. The number of anilines is 2. The highest BCUT2D eigenvalue weighted by molar-refractivity contribution is 6.31. The number of benzene rings is 2. The molecule has 3 heterocycles. The molecule has 2 aromatic carbocycles. The van der Waals surface area contributed by atoms with Gasteiger partial charge in [0.25, 0.3) is 0 Å². The lowest BCUT2D eigenvalue weighted by atomic mass is 9.94. The van der Waals surface area contributed by atoms with Crippen LogP contribution in [0.4, 0.5) is 25.4 Å². The molecular weight excluding hydrogens is 527 g/mol. The van der Waals surface area contributed by atoms with E-state index in [9.17, 15) is 14.0 Å². The normalized spacial score (nSPS) is 17.1. The third-order valence-electron chi connectivity index (χ3n) is 7.21. The first-order valence-corrected chi connectivity index (χ1v) is 13.0. The SMILES string of the molecule is CN(C(=O)N(C1CCN(c2ccncc2)CC1)C1CCOc2ccc(OC(=O)O)cc21)c1ccc(F)c(Cl)c1. The fourth-order valence-corrected chi connectivity index (χ4v) is 5.46. The molecule has 0 saturated carbocycles. The third kappa shape index (κ3) is 5.70. The highest BCUT2D eigenvalue weighted by Gasteiger charge is 2.38. The highest BCUT2D eigenvalue weighted by atomic mass is 35.5. The molecule has 0 spiro atoms. The number of aromatic nitrogens is 1. The van der Waals surface area contributed by atoms with Crippen LogP contribution in [0.15, 0.2) is 60.9 Å². The Balaban J connectivity index is 1.48. The Labute approximate surface area is 230 Å². The van der Waals surface area contributed by atoms with E-state index in [2.05, 4.69) is 9.88 Å². The van der Waals surface area contributed by atoms with Gasteiger partial charge in [0.1, 0.15) is 17.3 Å². The summed E-state index contributed by atoms with van der Waals surface area (Å²) in [5.74, 6) is 0.157. The minimum atomic E-state index is -1.42. The van der Waals surface area contributed by atoms with E-state index in [0.717, 1.165) is 18.8 Å². The average molecular weight is 555 g/mol. The van der Waals surface area contributed by atoms with Crippen molar-refractivity contribution in [2.75, 3.05) is 36.5 Å². The van der Waals surface area contributed by atoms with Crippen molar-refractivity contribution in [2.24, 2.45) is 0 Å². The van der Waals surface area contributed by atoms with E-state index in [4.69, 9.17) is 26.2 Å². The Kier molecular flexibility index (Phi) is 7.74. The Morgan fingerprint density at radius 1 is 1.10 bits per heavy atom. The van der Waals surface area contributed by atoms with Crippen LogP contribution in [0.2, 0.25) is 5.02 Å². The van der Waals surface area contributed by atoms with Gasteiger partial charge >= 0.3 is 12.2 Å². The standard InChI is InChI=1S/C28H28ClFN4O5/c1-32(20-2-4-24(30)23(29)16-20)27(35)34(19-8-13-33(14-9-19)18-6-11-31-12-7-18)25-10-15-38-26-5-3-21(17-22(25)26)39-28(36)37/h2-7,11-12,16-17,19,25H,8-10,13-15H2,1H3,(H,36,37). The minimum absolute atomic E-state index is 0.0729. The van der Waals surface area contributed by atoms with Gasteiger partial charge in [-0.3, -0.25) is 9.88 Å². The van der Waals surface area contributed by atoms with Crippen LogP contribution in [-0.2, 0) is 0 Å². The van der Waals surface area contributed by atoms with Crippen LogP contribution >= 0.6 is 11.6 Å². The predicted octanol–water partition coefficient (Wildman–Crippen LogP) is 5.98. The molecule has 1 atom stereocenters. The minimum Gasteiger partial charge on any atom is -0.493 e. The summed E-state index contributed by atoms with van der Waals surface area (Å²) >= 11 is 6.02. The summed E-state index contributed by atoms with van der Waals surface area (Å²) in [6.45, 7) is 1.87. The largest absolute Gasteiger partial charge is 0.511 e. The molecular formula is C28H28ClFN4O5. The van der Waals surface area contributed by atoms with Gasteiger partial charge < -0.3 is 24.4 Å². The van der Waals surface area contributed by atoms with Crippen LogP contribution in [0.3, 0.4) is 0 Å². The monoisotopic (exact) mass is 554 g/mol. The van der Waals surface area contributed by atoms with E-state index >= 15 is 0 Å². The van der Waals surface area contributed by atoms with E-state index in [1.807, 2.05) is 17.0 Å². The quantitative estimate of drug-likeness (QED) is 0.306. The zero-order valence-corrected chi connectivity index (χ0v) is 22.1. The number of urea groups is 1. The van der Waals surface area contributed by atoms with E-state index in [1.165, 1.54) is 29.2 Å². The summed E-state index contributed by atoms with van der Waals surface area (Å²) in [6.07, 6.45) is 4.03. The van der Waals surface area contributed by atoms with E-state index in [1.54, 1.807) is 31.6 Å². The molecule has 2 aliphatic heterocycles. The van der Waals surface area contributed by atoms with Gasteiger partial charge in [-0.2, -0.15) is 0 Å². The van der Waals surface area contributed by atoms with Crippen LogP contribution in [0.5, 0.6) is 11.5 Å². The summed E-state index contributed by atoms with van der Waals surface area (Å²) < 4.78 is 24.6. The summed E-state index contributed by atoms with van der Waals surface area (Å²) in [5.41, 5.74) is 2.21. The zero-order valence-electron chi connectivity index (χ0n) is 21.3. The van der Waals surface area contributed by atoms with Crippen molar-refractivity contribution in [3.05, 3.63) is 77.3 Å². The fraction of sp³-hybridized carbons (Fsp3) is 0.321. The molecule has 5 rings (SSSR count). The first-order valence-electron chi connectivity index (χ1n) is 12.7. The molecule has 1 N–H and O–H groups in total. The number of hydrogen-bond acceptors (Lipinski definition) is 6. The van der Waals surface area contributed by atoms with Crippen molar-refractivity contribution in [3.8, 4) is 11.5 Å². The van der Waals surface area contributed by atoms with Crippen molar-refractivity contribution in [1.82, 2.24) is 9.88 Å². The van der Waals surface area contributed by atoms with Gasteiger partial charge in [-0.15, -0.1) is 0 Å². The lowest BCUT2D eigenvalue weighted by Gasteiger charge is -2.45. The Morgan fingerprint density at radius 3 is 2.54 bits per heavy atom. The lowest BCUT2D eigenvalue weighted by Crippen LogP contribution is -2.53. The number of carbonyl (C=O) groups is 2. The number of piperidine rings is 1. The fourth-order valence-electron chi connectivity index (χ4n) is 5.29. The molecule has 1 unspecified atom stereocenters. The number of nitrogens with zero attached hydrogens (tertiary/aromatic N) is 4. The number of amides is 2. The molecule has 11 heteroatoms. The maximum atomic E-state index is 14.2. The first-order chi connectivity index (χ1) is 18.8. The van der Waals surface area contributed by atoms with Crippen molar-refractivity contribution >= 4 is 35.2 Å². The number of carboxylic acid groups (broad SMARTS) is 1. The van der Waals surface area contributed by atoms with Crippen molar-refractivity contribution in [3.63, 3.8) is 0 Å². The van der Waals surface area contributed by atoms with Crippen LogP contribution in [0.1, 0.15) is 30.9 Å². The van der Waals surface area contributed by atoms with Crippen LogP contribution in [0, 0.1) is 5.82 Å². The number of rotatable bonds is 5. The number of halogens is 2. The average Bonchev–Trinajstić information content (AvgIpc) is 2.95. The molecule has 2 aliphatic rings. The Morgan fingerprint density at radius 2 is 1.85 bits per heavy atom. The molecule has 1 saturated heterocycles. The van der Waals surface area contributed by atoms with Crippen LogP contribution in [0.25, 0.3) is 0 Å². The highest BCUT2D eigenvalue weighted by Crippen LogP contribution is 2.41. The topological polar surface area (TPSA) is 95.4 Å². The van der Waals surface area contributed by atoms with Gasteiger partial charge in [-0.25, -0.2) is 14.0 Å². The van der Waals surface area contributed by atoms with E-state index in [-0.39, 0.29) is 22.8 Å². The Bertz CT molecular complexity index is 1350. The van der Waals surface area contributed by atoms with Gasteiger partial charge in [0, 0.05) is 61.9 Å². The lowest BCUT2D eigenvalue weighted by molar-refractivity contribution is 0.109. The van der Waals surface area contributed by atoms with Gasteiger partial charge in [-0.1, -0.05) is 11.6 Å². The molecule has 1 fully saturated rings. The van der Waals surface area contributed by atoms with Crippen molar-refractivity contribution < 1.29 is 28.6 Å². The van der Waals surface area contributed by atoms with E-state index < -0.39 is 18.0 Å². The second-order valence-corrected chi connectivity index (χ2v) is 9.90. The second kappa shape index (κ2) is 11.4. The number of hydrogen-bond donors (Lipinski definition) is 1. The third-order valence-corrected chi connectivity index (χ3v) is 7.50. The summed E-state index contributed by atoms with van der Waals surface area (Å²) in [5, 5.41) is 9.05. The van der Waals surface area contributed by atoms with E-state index in [0.29, 0.717) is 42.9 Å². The van der Waals surface area contributed by atoms with Gasteiger partial charge in [0.2, 0.25) is 0 Å². The zero-order chi connectivity index (χ0) is 27.5. The molecule has 2 amide bonds.